The summed E-state index contributed by atoms with van der Waals surface area (Å²) in [5.74, 6) is 0. The Hall–Kier alpha value is 0.0995. The molecule has 0 rings (SSSR count). The van der Waals surface area contributed by atoms with Crippen LogP contribution in [0.4, 0.5) is 0 Å². The molecule has 0 spiro atoms. The van der Waals surface area contributed by atoms with Crippen LogP contribution in [0.1, 0.15) is 14.9 Å². The van der Waals surface area contributed by atoms with Crippen molar-refractivity contribution in [2.45, 2.75) is 14.9 Å². The van der Waals surface area contributed by atoms with Gasteiger partial charge in [-0.25, -0.2) is 0 Å². The maximum absolute atomic E-state index is 8.48. The van der Waals surface area contributed by atoms with Gasteiger partial charge >= 0.3 is 17.1 Å². The monoisotopic (exact) mass is 216 g/mol. The zero-order chi connectivity index (χ0) is 5.58. The number of hydrogen-bond donors (Lipinski definition) is 0. The van der Waals surface area contributed by atoms with Crippen LogP contribution >= 0.6 is 8.25 Å². The van der Waals surface area contributed by atoms with Crippen LogP contribution in [0.5, 0.6) is 0 Å². The molecule has 1 N–H and O–H groups in total. The van der Waals surface area contributed by atoms with E-state index < -0.39 is 8.25 Å². The van der Waals surface area contributed by atoms with Crippen molar-refractivity contribution in [2.75, 3.05) is 0 Å². The second kappa shape index (κ2) is 62.1. The molecule has 0 aromatic carbocycles. The molecule has 0 aromatic heterocycles. The molecule has 10 heavy (non-hydrogen) atoms. The molecule has 0 heterocycles. The van der Waals surface area contributed by atoms with Gasteiger partial charge < -0.3 is 15.3 Å². The van der Waals surface area contributed by atoms with E-state index in [0.717, 1.165) is 0 Å². The first-order valence-electron chi connectivity index (χ1n) is 0.714. The average molecular weight is 216 g/mol. The van der Waals surface area contributed by atoms with Crippen molar-refractivity contribution in [1.29, 1.82) is 0 Å². The van der Waals surface area contributed by atoms with Gasteiger partial charge in [-0.05, 0) is 0 Å². The number of rotatable bonds is 0. The van der Waals surface area contributed by atoms with E-state index in [-0.39, 0.29) is 37.4 Å². The molecule has 0 aliphatic carbocycles. The van der Waals surface area contributed by atoms with Gasteiger partial charge in [0.1, 0.15) is 0 Å². The quantitative estimate of drug-likeness (QED) is 0.397. The van der Waals surface area contributed by atoms with Gasteiger partial charge in [-0.1, -0.05) is 19.4 Å². The Morgan fingerprint density at radius 1 is 1.00 bits per heavy atom. The summed E-state index contributed by atoms with van der Waals surface area (Å²) < 4.78 is 8.48. The summed E-state index contributed by atoms with van der Waals surface area (Å²) in [5.41, 5.74) is 0. The van der Waals surface area contributed by atoms with Crippen LogP contribution in [0.15, 0.2) is 0 Å². The molecule has 65 valence electrons. The third kappa shape index (κ3) is 41300. The second-order valence-electron chi connectivity index (χ2n) is 0.224. The van der Waals surface area contributed by atoms with E-state index in [1.165, 1.54) is 0 Å². The Morgan fingerprint density at radius 3 is 1.00 bits per heavy atom. The predicted octanol–water partition coefficient (Wildman–Crippen LogP) is -0.476. The van der Waals surface area contributed by atoms with Crippen LogP contribution in [-0.4, -0.2) is 5.48 Å². The fourth-order valence-corrected chi connectivity index (χ4v) is 0. The molecule has 6 nitrogen and oxygen atoms in total. The Bertz CT molecular complexity index is 47.0. The topological polar surface area (TPSA) is 127 Å². The standard InChI is InChI=1S/2CH4.Fe.HO3P.O2.H2O/c;;;1-4(2)3;1-2;/h2*1H4;;(H,1,2,3);;1H2/q;;+3;;;/p-2. The second-order valence-corrected chi connectivity index (χ2v) is 0.671. The Kier molecular flexibility index (Phi) is 309. The van der Waals surface area contributed by atoms with Crippen LogP contribution in [0.3, 0.4) is 0 Å². The van der Waals surface area contributed by atoms with Crippen LogP contribution in [0.25, 0.3) is 0 Å². The van der Waals surface area contributed by atoms with Gasteiger partial charge in [0.2, 0.25) is 0 Å². The molecule has 0 aliphatic heterocycles. The van der Waals surface area contributed by atoms with Gasteiger partial charge in [0.15, 0.2) is 0 Å². The average Bonchev–Trinajstić information content (AvgIpc) is 1.41. The Morgan fingerprint density at radius 2 is 1.00 bits per heavy atom. The molecule has 0 fully saturated rings. The summed E-state index contributed by atoms with van der Waals surface area (Å²) in [5, 5.41) is 0. The Labute approximate surface area is 70.6 Å². The van der Waals surface area contributed by atoms with Gasteiger partial charge in [0.05, 0.1) is 0 Å². The molecule has 0 saturated heterocycles. The molecular weight excluding hydrogens is 207 g/mol. The van der Waals surface area contributed by atoms with Crippen molar-refractivity contribution >= 4 is 8.25 Å². The molecule has 0 unspecified atom stereocenters. The summed E-state index contributed by atoms with van der Waals surface area (Å²) in [7, 11) is -3.37. The molecular formula is C2H9FeO6P+. The van der Waals surface area contributed by atoms with Crippen molar-refractivity contribution in [3.8, 4) is 0 Å². The first-order valence-corrected chi connectivity index (χ1v) is 1.81. The third-order valence-corrected chi connectivity index (χ3v) is 0. The molecule has 0 bridgehead atoms. The van der Waals surface area contributed by atoms with Crippen molar-refractivity contribution in [3.63, 3.8) is 0 Å². The van der Waals surface area contributed by atoms with Gasteiger partial charge in [-0.2, -0.15) is 0 Å². The largest absolute Gasteiger partial charge is 3.00 e. The van der Waals surface area contributed by atoms with E-state index >= 15 is 0 Å². The van der Waals surface area contributed by atoms with E-state index in [1.807, 2.05) is 0 Å². The molecule has 0 saturated carbocycles. The van der Waals surface area contributed by atoms with Gasteiger partial charge in [0, 0.05) is 9.93 Å². The molecule has 8 heteroatoms. The van der Waals surface area contributed by atoms with Crippen LogP contribution < -0.4 is 9.79 Å². The number of hydrogen-bond acceptors (Lipinski definition) is 6. The SMILES string of the molecule is C.C.O=O.O=[P+]([O-])[O-].[Fe+3].[OH-]. The minimum absolute atomic E-state index is 0. The minimum atomic E-state index is -3.37. The Balaban J connectivity index is -0.00000000625. The van der Waals surface area contributed by atoms with Crippen molar-refractivity contribution in [1.82, 2.24) is 0 Å². The summed E-state index contributed by atoms with van der Waals surface area (Å²) in [6.45, 7) is 0. The zero-order valence-electron chi connectivity index (χ0n) is 3.29. The van der Waals surface area contributed by atoms with E-state index in [2.05, 4.69) is 0 Å². The van der Waals surface area contributed by atoms with E-state index in [0.29, 0.717) is 0 Å². The molecule has 0 atom stereocenters. The third-order valence-electron chi connectivity index (χ3n) is 0. The van der Waals surface area contributed by atoms with Crippen molar-refractivity contribution in [2.24, 2.45) is 0 Å². The van der Waals surface area contributed by atoms with Crippen LogP contribution in [-0.2, 0) is 21.6 Å². The first kappa shape index (κ1) is 49.8. The van der Waals surface area contributed by atoms with Crippen molar-refractivity contribution in [3.05, 3.63) is 9.93 Å². The van der Waals surface area contributed by atoms with E-state index in [4.69, 9.17) is 24.3 Å². The summed E-state index contributed by atoms with van der Waals surface area (Å²) >= 11 is 0. The summed E-state index contributed by atoms with van der Waals surface area (Å²) in [4.78, 5) is 31.0. The molecule has 1 radical (unpaired) electrons. The van der Waals surface area contributed by atoms with Crippen molar-refractivity contribution < 1.29 is 36.9 Å². The van der Waals surface area contributed by atoms with Crippen LogP contribution in [0, 0.1) is 9.93 Å². The maximum atomic E-state index is 8.48. The van der Waals surface area contributed by atoms with E-state index in [9.17, 15) is 0 Å². The van der Waals surface area contributed by atoms with Gasteiger partial charge in [-0.15, -0.1) is 0 Å². The summed E-state index contributed by atoms with van der Waals surface area (Å²) in [6.07, 6.45) is 0. The smallest absolute Gasteiger partial charge is 0.870 e. The predicted molar refractivity (Wildman–Crippen MR) is 29.7 cm³/mol. The zero-order valence-corrected chi connectivity index (χ0v) is 5.29. The van der Waals surface area contributed by atoms with Crippen LogP contribution in [0.2, 0.25) is 0 Å². The fourth-order valence-electron chi connectivity index (χ4n) is 0. The van der Waals surface area contributed by atoms with Gasteiger partial charge in [0.25, 0.3) is 8.25 Å². The first-order chi connectivity index (χ1) is 2.73. The minimum Gasteiger partial charge on any atom is -0.870 e. The van der Waals surface area contributed by atoms with E-state index in [1.54, 1.807) is 0 Å². The fraction of sp³-hybridized carbons (Fsp3) is 1.00. The molecule has 0 aromatic rings. The molecule has 0 amide bonds. The normalized spacial score (nSPS) is 3.00. The maximum Gasteiger partial charge on any atom is 3.00 e. The molecule has 0 aliphatic rings. The summed E-state index contributed by atoms with van der Waals surface area (Å²) in [6, 6.07) is 0. The van der Waals surface area contributed by atoms with Gasteiger partial charge in [-0.3, -0.25) is 0 Å².